The second-order valence-corrected chi connectivity index (χ2v) is 4.43. The van der Waals surface area contributed by atoms with Gasteiger partial charge in [-0.2, -0.15) is 5.10 Å². The smallest absolute Gasteiger partial charge is 0.126 e. The fourth-order valence-electron chi connectivity index (χ4n) is 1.93. The van der Waals surface area contributed by atoms with E-state index in [0.29, 0.717) is 6.54 Å². The number of nitrogen functional groups attached to an aromatic ring is 1. The standard InChI is InChI=1S/C12H24N4O/c1-4-5-6-16(7-8-17)9-11-10(2)14-15(3)12(11)13/h17H,4-9,13H2,1-3H3. The third-order valence-electron chi connectivity index (χ3n) is 3.02. The Morgan fingerprint density at radius 2 is 2.12 bits per heavy atom. The Morgan fingerprint density at radius 3 is 2.59 bits per heavy atom. The molecule has 0 unspecified atom stereocenters. The zero-order valence-corrected chi connectivity index (χ0v) is 11.1. The van der Waals surface area contributed by atoms with Crippen molar-refractivity contribution >= 4 is 5.82 Å². The molecule has 5 heteroatoms. The summed E-state index contributed by atoms with van der Waals surface area (Å²) in [5.74, 6) is 0.724. The van der Waals surface area contributed by atoms with Crippen LogP contribution in [0, 0.1) is 6.92 Å². The zero-order chi connectivity index (χ0) is 12.8. The fourth-order valence-corrected chi connectivity index (χ4v) is 1.93. The van der Waals surface area contributed by atoms with E-state index in [2.05, 4.69) is 16.9 Å². The van der Waals surface area contributed by atoms with Crippen molar-refractivity contribution in [2.24, 2.45) is 7.05 Å². The van der Waals surface area contributed by atoms with Crippen molar-refractivity contribution in [1.29, 1.82) is 0 Å². The van der Waals surface area contributed by atoms with Crippen molar-refractivity contribution in [3.05, 3.63) is 11.3 Å². The van der Waals surface area contributed by atoms with Crippen LogP contribution in [0.1, 0.15) is 31.0 Å². The molecule has 0 aliphatic rings. The van der Waals surface area contributed by atoms with Gasteiger partial charge in [-0.1, -0.05) is 13.3 Å². The predicted molar refractivity (Wildman–Crippen MR) is 69.6 cm³/mol. The van der Waals surface area contributed by atoms with Gasteiger partial charge in [0.1, 0.15) is 5.82 Å². The molecule has 0 aliphatic heterocycles. The molecule has 5 nitrogen and oxygen atoms in total. The zero-order valence-electron chi connectivity index (χ0n) is 11.1. The minimum atomic E-state index is 0.183. The average molecular weight is 240 g/mol. The molecule has 0 aromatic carbocycles. The van der Waals surface area contributed by atoms with E-state index in [0.717, 1.165) is 43.0 Å². The van der Waals surface area contributed by atoms with Crippen LogP contribution in [0.4, 0.5) is 5.82 Å². The van der Waals surface area contributed by atoms with Gasteiger partial charge in [0.2, 0.25) is 0 Å². The largest absolute Gasteiger partial charge is 0.395 e. The predicted octanol–water partition coefficient (Wildman–Crippen LogP) is 0.905. The number of rotatable bonds is 7. The molecule has 17 heavy (non-hydrogen) atoms. The Kier molecular flexibility index (Phi) is 5.44. The Balaban J connectivity index is 2.70. The summed E-state index contributed by atoms with van der Waals surface area (Å²) in [4.78, 5) is 2.23. The van der Waals surface area contributed by atoms with Crippen LogP contribution in [0.2, 0.25) is 0 Å². The van der Waals surface area contributed by atoms with Crippen molar-refractivity contribution in [2.45, 2.75) is 33.2 Å². The second kappa shape index (κ2) is 6.61. The van der Waals surface area contributed by atoms with Gasteiger partial charge in [-0.15, -0.1) is 0 Å². The number of nitrogens with zero attached hydrogens (tertiary/aromatic N) is 3. The van der Waals surface area contributed by atoms with Crippen LogP contribution in [0.3, 0.4) is 0 Å². The second-order valence-electron chi connectivity index (χ2n) is 4.43. The van der Waals surface area contributed by atoms with E-state index in [-0.39, 0.29) is 6.61 Å². The lowest BCUT2D eigenvalue weighted by atomic mass is 10.2. The van der Waals surface area contributed by atoms with Gasteiger partial charge in [0, 0.05) is 25.7 Å². The van der Waals surface area contributed by atoms with Gasteiger partial charge in [0.25, 0.3) is 0 Å². The van der Waals surface area contributed by atoms with E-state index in [1.54, 1.807) is 4.68 Å². The Morgan fingerprint density at radius 1 is 1.41 bits per heavy atom. The summed E-state index contributed by atoms with van der Waals surface area (Å²) in [7, 11) is 1.86. The van der Waals surface area contributed by atoms with E-state index in [1.165, 1.54) is 0 Å². The van der Waals surface area contributed by atoms with Crippen molar-refractivity contribution < 1.29 is 5.11 Å². The Bertz CT molecular complexity index is 349. The molecule has 0 atom stereocenters. The highest BCUT2D eigenvalue weighted by Crippen LogP contribution is 2.17. The number of aromatic nitrogens is 2. The van der Waals surface area contributed by atoms with Gasteiger partial charge in [-0.05, 0) is 19.9 Å². The quantitative estimate of drug-likeness (QED) is 0.743. The molecule has 0 bridgehead atoms. The summed E-state index contributed by atoms with van der Waals surface area (Å²) in [6, 6.07) is 0. The topological polar surface area (TPSA) is 67.3 Å². The normalized spacial score (nSPS) is 11.4. The molecule has 0 fully saturated rings. The fraction of sp³-hybridized carbons (Fsp3) is 0.750. The van der Waals surface area contributed by atoms with Crippen LogP contribution in [0.5, 0.6) is 0 Å². The van der Waals surface area contributed by atoms with Crippen molar-refractivity contribution in [3.8, 4) is 0 Å². The van der Waals surface area contributed by atoms with Gasteiger partial charge in [0.05, 0.1) is 12.3 Å². The van der Waals surface area contributed by atoms with Gasteiger partial charge in [-0.3, -0.25) is 9.58 Å². The number of aryl methyl sites for hydroxylation is 2. The highest BCUT2D eigenvalue weighted by atomic mass is 16.3. The van der Waals surface area contributed by atoms with Gasteiger partial charge in [0.15, 0.2) is 0 Å². The van der Waals surface area contributed by atoms with E-state index in [4.69, 9.17) is 10.8 Å². The highest BCUT2D eigenvalue weighted by molar-refractivity contribution is 5.42. The molecule has 1 rings (SSSR count). The molecule has 0 saturated carbocycles. The first-order valence-corrected chi connectivity index (χ1v) is 6.21. The molecule has 0 radical (unpaired) electrons. The average Bonchev–Trinajstić information content (AvgIpc) is 2.53. The minimum Gasteiger partial charge on any atom is -0.395 e. The minimum absolute atomic E-state index is 0.183. The van der Waals surface area contributed by atoms with E-state index in [1.807, 2.05) is 14.0 Å². The SMILES string of the molecule is CCCCN(CCO)Cc1c(C)nn(C)c1N. The van der Waals surface area contributed by atoms with Crippen LogP contribution in [-0.2, 0) is 13.6 Å². The monoisotopic (exact) mass is 240 g/mol. The lowest BCUT2D eigenvalue weighted by Crippen LogP contribution is -2.28. The summed E-state index contributed by atoms with van der Waals surface area (Å²) < 4.78 is 1.71. The lowest BCUT2D eigenvalue weighted by molar-refractivity contribution is 0.188. The van der Waals surface area contributed by atoms with Crippen LogP contribution in [0.15, 0.2) is 0 Å². The molecule has 3 N–H and O–H groups in total. The van der Waals surface area contributed by atoms with Crippen LogP contribution in [0.25, 0.3) is 0 Å². The number of aliphatic hydroxyl groups excluding tert-OH is 1. The van der Waals surface area contributed by atoms with Crippen LogP contribution in [-0.4, -0.2) is 39.5 Å². The maximum atomic E-state index is 9.06. The summed E-state index contributed by atoms with van der Waals surface area (Å²) >= 11 is 0. The third kappa shape index (κ3) is 3.71. The van der Waals surface area contributed by atoms with Crippen LogP contribution < -0.4 is 5.73 Å². The van der Waals surface area contributed by atoms with Crippen molar-refractivity contribution in [3.63, 3.8) is 0 Å². The molecular formula is C12H24N4O. The summed E-state index contributed by atoms with van der Waals surface area (Å²) in [5, 5.41) is 13.4. The number of nitrogens with two attached hydrogens (primary N) is 1. The van der Waals surface area contributed by atoms with Crippen molar-refractivity contribution in [1.82, 2.24) is 14.7 Å². The summed E-state index contributed by atoms with van der Waals surface area (Å²) in [5.41, 5.74) is 8.04. The summed E-state index contributed by atoms with van der Waals surface area (Å²) in [6.07, 6.45) is 2.29. The number of unbranched alkanes of at least 4 members (excludes halogenated alkanes) is 1. The molecule has 1 aromatic heterocycles. The molecule has 0 aliphatic carbocycles. The Hall–Kier alpha value is -1.07. The van der Waals surface area contributed by atoms with Gasteiger partial charge in [-0.25, -0.2) is 0 Å². The molecular weight excluding hydrogens is 216 g/mol. The van der Waals surface area contributed by atoms with Gasteiger partial charge >= 0.3 is 0 Å². The molecule has 0 spiro atoms. The maximum Gasteiger partial charge on any atom is 0.126 e. The van der Waals surface area contributed by atoms with Gasteiger partial charge < -0.3 is 10.8 Å². The lowest BCUT2D eigenvalue weighted by Gasteiger charge is -2.21. The first-order valence-electron chi connectivity index (χ1n) is 6.21. The Labute approximate surface area is 103 Å². The first-order chi connectivity index (χ1) is 8.10. The molecule has 0 saturated heterocycles. The van der Waals surface area contributed by atoms with E-state index in [9.17, 15) is 0 Å². The van der Waals surface area contributed by atoms with Crippen LogP contribution >= 0.6 is 0 Å². The van der Waals surface area contributed by atoms with E-state index < -0.39 is 0 Å². The number of hydrogen-bond acceptors (Lipinski definition) is 4. The number of anilines is 1. The molecule has 1 heterocycles. The first kappa shape index (κ1) is 14.0. The molecule has 0 amide bonds. The molecule has 98 valence electrons. The highest BCUT2D eigenvalue weighted by Gasteiger charge is 2.13. The number of hydrogen-bond donors (Lipinski definition) is 2. The third-order valence-corrected chi connectivity index (χ3v) is 3.02. The molecule has 1 aromatic rings. The maximum absolute atomic E-state index is 9.06. The number of aliphatic hydroxyl groups is 1. The van der Waals surface area contributed by atoms with Crippen molar-refractivity contribution in [2.75, 3.05) is 25.4 Å². The summed E-state index contributed by atoms with van der Waals surface area (Å²) in [6.45, 7) is 6.77. The van der Waals surface area contributed by atoms with E-state index >= 15 is 0 Å².